The molecule has 0 fully saturated rings. The topological polar surface area (TPSA) is 89.6 Å². The predicted octanol–water partition coefficient (Wildman–Crippen LogP) is 2.21. The minimum atomic E-state index is 0.284. The van der Waals surface area contributed by atoms with E-state index >= 15 is 0 Å². The monoisotopic (exact) mass is 278 g/mol. The molecule has 19 heavy (non-hydrogen) atoms. The SMILES string of the molecule is CCc1cnc(N)nc1NCc1snnc1C(C)C. The van der Waals surface area contributed by atoms with Crippen molar-refractivity contribution in [1.29, 1.82) is 0 Å². The van der Waals surface area contributed by atoms with E-state index in [9.17, 15) is 0 Å². The molecule has 102 valence electrons. The summed E-state index contributed by atoms with van der Waals surface area (Å²) in [6, 6.07) is 0. The van der Waals surface area contributed by atoms with Gasteiger partial charge in [0, 0.05) is 11.8 Å². The van der Waals surface area contributed by atoms with Gasteiger partial charge in [-0.3, -0.25) is 0 Å². The van der Waals surface area contributed by atoms with Crippen LogP contribution in [0.3, 0.4) is 0 Å². The fourth-order valence-corrected chi connectivity index (χ4v) is 2.51. The molecule has 0 aliphatic carbocycles. The van der Waals surface area contributed by atoms with Crippen molar-refractivity contribution in [1.82, 2.24) is 19.6 Å². The second kappa shape index (κ2) is 5.92. The quantitative estimate of drug-likeness (QED) is 0.871. The highest BCUT2D eigenvalue weighted by Gasteiger charge is 2.12. The van der Waals surface area contributed by atoms with Crippen LogP contribution >= 0.6 is 11.5 Å². The predicted molar refractivity (Wildman–Crippen MR) is 77.1 cm³/mol. The molecule has 0 radical (unpaired) electrons. The van der Waals surface area contributed by atoms with Gasteiger partial charge in [0.05, 0.1) is 17.1 Å². The smallest absolute Gasteiger partial charge is 0.221 e. The number of nitrogens with one attached hydrogen (secondary N) is 1. The van der Waals surface area contributed by atoms with E-state index in [1.807, 2.05) is 0 Å². The molecule has 2 aromatic heterocycles. The Morgan fingerprint density at radius 1 is 1.42 bits per heavy atom. The van der Waals surface area contributed by atoms with E-state index in [0.717, 1.165) is 28.4 Å². The fourth-order valence-electron chi connectivity index (χ4n) is 1.77. The summed E-state index contributed by atoms with van der Waals surface area (Å²) in [6.07, 6.45) is 2.62. The van der Waals surface area contributed by atoms with Gasteiger partial charge in [0.2, 0.25) is 5.95 Å². The molecule has 0 unspecified atom stereocenters. The van der Waals surface area contributed by atoms with Crippen LogP contribution in [0.2, 0.25) is 0 Å². The Balaban J connectivity index is 2.14. The first-order chi connectivity index (χ1) is 9.11. The van der Waals surface area contributed by atoms with Crippen LogP contribution in [0.5, 0.6) is 0 Å². The molecule has 0 spiro atoms. The van der Waals surface area contributed by atoms with E-state index in [-0.39, 0.29) is 5.95 Å². The van der Waals surface area contributed by atoms with Crippen LogP contribution in [-0.4, -0.2) is 19.6 Å². The van der Waals surface area contributed by atoms with Gasteiger partial charge in [-0.05, 0) is 23.9 Å². The van der Waals surface area contributed by atoms with Gasteiger partial charge < -0.3 is 11.1 Å². The largest absolute Gasteiger partial charge is 0.368 e. The maximum Gasteiger partial charge on any atom is 0.221 e. The Hall–Kier alpha value is -1.76. The van der Waals surface area contributed by atoms with Crippen LogP contribution in [0, 0.1) is 0 Å². The number of nitrogens with two attached hydrogens (primary N) is 1. The lowest BCUT2D eigenvalue weighted by atomic mass is 10.1. The van der Waals surface area contributed by atoms with Gasteiger partial charge >= 0.3 is 0 Å². The lowest BCUT2D eigenvalue weighted by Crippen LogP contribution is -2.08. The number of aryl methyl sites for hydroxylation is 1. The second-order valence-corrected chi connectivity index (χ2v) is 5.38. The molecular weight excluding hydrogens is 260 g/mol. The molecule has 0 aliphatic rings. The summed E-state index contributed by atoms with van der Waals surface area (Å²) in [7, 11) is 0. The number of anilines is 2. The maximum absolute atomic E-state index is 5.62. The number of aromatic nitrogens is 4. The number of nitrogens with zero attached hydrogens (tertiary/aromatic N) is 4. The van der Waals surface area contributed by atoms with Crippen molar-refractivity contribution in [2.45, 2.75) is 39.7 Å². The average Bonchev–Trinajstić information content (AvgIpc) is 2.85. The number of nitrogen functional groups attached to an aromatic ring is 1. The molecule has 0 saturated heterocycles. The summed E-state index contributed by atoms with van der Waals surface area (Å²) in [4.78, 5) is 9.38. The summed E-state index contributed by atoms with van der Waals surface area (Å²) < 4.78 is 4.01. The van der Waals surface area contributed by atoms with Crippen molar-refractivity contribution >= 4 is 23.3 Å². The van der Waals surface area contributed by atoms with Gasteiger partial charge in [0.15, 0.2) is 0 Å². The first-order valence-corrected chi connectivity index (χ1v) is 7.05. The first kappa shape index (κ1) is 13.7. The van der Waals surface area contributed by atoms with Crippen LogP contribution in [0.25, 0.3) is 0 Å². The maximum atomic E-state index is 5.62. The number of rotatable bonds is 5. The van der Waals surface area contributed by atoms with E-state index in [4.69, 9.17) is 5.73 Å². The zero-order chi connectivity index (χ0) is 13.8. The highest BCUT2D eigenvalue weighted by Crippen LogP contribution is 2.21. The molecule has 0 bridgehead atoms. The molecule has 2 heterocycles. The minimum absolute atomic E-state index is 0.284. The van der Waals surface area contributed by atoms with Gasteiger partial charge in [-0.15, -0.1) is 5.10 Å². The zero-order valence-electron chi connectivity index (χ0n) is 11.3. The third-order valence-electron chi connectivity index (χ3n) is 2.81. The third-order valence-corrected chi connectivity index (χ3v) is 3.55. The molecule has 2 aromatic rings. The van der Waals surface area contributed by atoms with Crippen LogP contribution < -0.4 is 11.1 Å². The zero-order valence-corrected chi connectivity index (χ0v) is 12.2. The van der Waals surface area contributed by atoms with E-state index in [0.29, 0.717) is 12.5 Å². The molecule has 0 atom stereocenters. The van der Waals surface area contributed by atoms with Crippen molar-refractivity contribution in [2.24, 2.45) is 0 Å². The van der Waals surface area contributed by atoms with Crippen LogP contribution in [0.1, 0.15) is 42.8 Å². The first-order valence-electron chi connectivity index (χ1n) is 6.28. The molecule has 0 amide bonds. The van der Waals surface area contributed by atoms with Gasteiger partial charge in [-0.2, -0.15) is 4.98 Å². The molecular formula is C12H18N6S. The Labute approximate surface area is 116 Å². The van der Waals surface area contributed by atoms with Crippen molar-refractivity contribution < 1.29 is 0 Å². The fraction of sp³-hybridized carbons (Fsp3) is 0.500. The standard InChI is InChI=1S/C12H18N6S/c1-4-8-5-15-12(13)16-11(8)14-6-9-10(7(2)3)17-18-19-9/h5,7H,4,6H2,1-3H3,(H3,13,14,15,16). The summed E-state index contributed by atoms with van der Waals surface area (Å²) in [5, 5.41) is 7.46. The van der Waals surface area contributed by atoms with Gasteiger partial charge in [-0.25, -0.2) is 4.98 Å². The van der Waals surface area contributed by atoms with Crippen molar-refractivity contribution in [2.75, 3.05) is 11.1 Å². The third kappa shape index (κ3) is 3.17. The van der Waals surface area contributed by atoms with E-state index in [1.165, 1.54) is 11.5 Å². The summed E-state index contributed by atoms with van der Waals surface area (Å²) in [5.41, 5.74) is 7.72. The molecule has 6 nitrogen and oxygen atoms in total. The molecule has 0 aliphatic heterocycles. The Kier molecular flexibility index (Phi) is 4.26. The highest BCUT2D eigenvalue weighted by molar-refractivity contribution is 7.05. The Morgan fingerprint density at radius 2 is 2.21 bits per heavy atom. The summed E-state index contributed by atoms with van der Waals surface area (Å²) in [5.74, 6) is 1.45. The molecule has 7 heteroatoms. The Morgan fingerprint density at radius 3 is 2.89 bits per heavy atom. The average molecular weight is 278 g/mol. The molecule has 2 rings (SSSR count). The van der Waals surface area contributed by atoms with Gasteiger partial charge in [-0.1, -0.05) is 25.3 Å². The summed E-state index contributed by atoms with van der Waals surface area (Å²) >= 11 is 1.42. The van der Waals surface area contributed by atoms with E-state index in [1.54, 1.807) is 6.20 Å². The number of hydrogen-bond donors (Lipinski definition) is 2. The molecule has 0 saturated carbocycles. The van der Waals surface area contributed by atoms with Gasteiger partial charge in [0.1, 0.15) is 5.82 Å². The highest BCUT2D eigenvalue weighted by atomic mass is 32.1. The van der Waals surface area contributed by atoms with Crippen LogP contribution in [0.15, 0.2) is 6.20 Å². The van der Waals surface area contributed by atoms with Crippen molar-refractivity contribution in [3.8, 4) is 0 Å². The van der Waals surface area contributed by atoms with Gasteiger partial charge in [0.25, 0.3) is 0 Å². The summed E-state index contributed by atoms with van der Waals surface area (Å²) in [6.45, 7) is 6.95. The number of hydrogen-bond acceptors (Lipinski definition) is 7. The van der Waals surface area contributed by atoms with E-state index in [2.05, 4.69) is 45.6 Å². The van der Waals surface area contributed by atoms with E-state index < -0.39 is 0 Å². The van der Waals surface area contributed by atoms with Crippen LogP contribution in [0.4, 0.5) is 11.8 Å². The normalized spacial score (nSPS) is 10.9. The van der Waals surface area contributed by atoms with Crippen molar-refractivity contribution in [3.63, 3.8) is 0 Å². The lowest BCUT2D eigenvalue weighted by molar-refractivity contribution is 0.797. The van der Waals surface area contributed by atoms with Crippen LogP contribution in [-0.2, 0) is 13.0 Å². The van der Waals surface area contributed by atoms with Crippen molar-refractivity contribution in [3.05, 3.63) is 22.3 Å². The second-order valence-electron chi connectivity index (χ2n) is 4.55. The Bertz CT molecular complexity index is 551. The lowest BCUT2D eigenvalue weighted by Gasteiger charge is -2.10. The minimum Gasteiger partial charge on any atom is -0.368 e. The molecule has 0 aromatic carbocycles. The molecule has 3 N–H and O–H groups in total.